The summed E-state index contributed by atoms with van der Waals surface area (Å²) in [4.78, 5) is 0. The van der Waals surface area contributed by atoms with Gasteiger partial charge in [-0.2, -0.15) is 22.0 Å². The molecule has 0 aromatic carbocycles. The summed E-state index contributed by atoms with van der Waals surface area (Å²) in [6, 6.07) is 0. The Bertz CT molecular complexity index is 177. The molecule has 0 aliphatic heterocycles. The molecule has 0 fully saturated rings. The van der Waals surface area contributed by atoms with E-state index < -0.39 is 17.7 Å². The molecule has 72 valence electrons. The van der Waals surface area contributed by atoms with Crippen LogP contribution in [0.2, 0.25) is 0 Å². The fraction of sp³-hybridized carbons (Fsp3) is 0.714. The predicted octanol–water partition coefficient (Wildman–Crippen LogP) is 3.54. The summed E-state index contributed by atoms with van der Waals surface area (Å²) in [6.07, 6.45) is -4.98. The lowest BCUT2D eigenvalue weighted by molar-refractivity contribution is -0.265. The molecule has 0 aromatic rings. The maximum absolute atomic E-state index is 12.4. The molecule has 0 unspecified atom stereocenters. The minimum Gasteiger partial charge on any atom is -0.191 e. The standard InChI is InChI=1S/C7H9F5/c1-3-5(4-2)6(8,9)7(10,11)12/h3H,4H2,1-2H3. The molecule has 0 atom stereocenters. The summed E-state index contributed by atoms with van der Waals surface area (Å²) < 4.78 is 59.8. The van der Waals surface area contributed by atoms with Crippen LogP contribution in [0.25, 0.3) is 0 Å². The van der Waals surface area contributed by atoms with Crippen molar-refractivity contribution in [1.29, 1.82) is 0 Å². The van der Waals surface area contributed by atoms with Crippen LogP contribution in [0.5, 0.6) is 0 Å². The SMILES string of the molecule is CC=C(CC)C(F)(F)C(F)(F)F. The molecule has 0 aromatic heterocycles. The number of hydrogen-bond acceptors (Lipinski definition) is 0. The highest BCUT2D eigenvalue weighted by molar-refractivity contribution is 5.14. The molecule has 0 amide bonds. The summed E-state index contributed by atoms with van der Waals surface area (Å²) >= 11 is 0. The van der Waals surface area contributed by atoms with Crippen molar-refractivity contribution in [3.05, 3.63) is 11.6 Å². The van der Waals surface area contributed by atoms with Gasteiger partial charge in [-0.1, -0.05) is 13.0 Å². The molecule has 0 radical (unpaired) electrons. The molecule has 0 N–H and O–H groups in total. The fourth-order valence-corrected chi connectivity index (χ4v) is 0.789. The lowest BCUT2D eigenvalue weighted by atomic mass is 10.1. The summed E-state index contributed by atoms with van der Waals surface area (Å²) in [6.45, 7) is 2.42. The molecule has 0 spiro atoms. The number of hydrogen-bond donors (Lipinski definition) is 0. The summed E-state index contributed by atoms with van der Waals surface area (Å²) in [5.41, 5.74) is -0.894. The van der Waals surface area contributed by atoms with Gasteiger partial charge in [-0.3, -0.25) is 0 Å². The zero-order chi connectivity index (χ0) is 9.99. The minimum atomic E-state index is -5.48. The molecule has 0 heterocycles. The van der Waals surface area contributed by atoms with E-state index in [0.29, 0.717) is 0 Å². The Hall–Kier alpha value is -0.610. The van der Waals surface area contributed by atoms with Crippen LogP contribution in [0, 0.1) is 0 Å². The van der Waals surface area contributed by atoms with E-state index in [2.05, 4.69) is 0 Å². The summed E-state index contributed by atoms with van der Waals surface area (Å²) in [5.74, 6) is -4.68. The van der Waals surface area contributed by atoms with E-state index in [-0.39, 0.29) is 6.42 Å². The van der Waals surface area contributed by atoms with Gasteiger partial charge in [-0.05, 0) is 13.3 Å². The van der Waals surface area contributed by atoms with Crippen LogP contribution >= 0.6 is 0 Å². The first-order valence-electron chi connectivity index (χ1n) is 3.37. The normalized spacial score (nSPS) is 15.1. The second kappa shape index (κ2) is 3.41. The van der Waals surface area contributed by atoms with Crippen molar-refractivity contribution < 1.29 is 22.0 Å². The third kappa shape index (κ3) is 1.95. The number of alkyl halides is 5. The Kier molecular flexibility index (Phi) is 3.24. The van der Waals surface area contributed by atoms with Gasteiger partial charge in [0.1, 0.15) is 0 Å². The van der Waals surface area contributed by atoms with Gasteiger partial charge < -0.3 is 0 Å². The van der Waals surface area contributed by atoms with Crippen LogP contribution in [0.15, 0.2) is 11.6 Å². The highest BCUT2D eigenvalue weighted by Crippen LogP contribution is 2.41. The van der Waals surface area contributed by atoms with E-state index in [0.717, 1.165) is 6.08 Å². The first-order chi connectivity index (χ1) is 5.27. The Balaban J connectivity index is 4.84. The Morgan fingerprint density at radius 2 is 1.58 bits per heavy atom. The number of rotatable bonds is 2. The molecule has 0 aliphatic rings. The lowest BCUT2D eigenvalue weighted by Crippen LogP contribution is -2.38. The van der Waals surface area contributed by atoms with Gasteiger partial charge >= 0.3 is 12.1 Å². The third-order valence-corrected chi connectivity index (χ3v) is 1.49. The van der Waals surface area contributed by atoms with Crippen LogP contribution < -0.4 is 0 Å². The monoisotopic (exact) mass is 188 g/mol. The quantitative estimate of drug-likeness (QED) is 0.459. The Morgan fingerprint density at radius 1 is 1.17 bits per heavy atom. The first kappa shape index (κ1) is 11.4. The van der Waals surface area contributed by atoms with E-state index in [1.54, 1.807) is 0 Å². The molecule has 0 aliphatic carbocycles. The number of allylic oxidation sites excluding steroid dienone is 2. The van der Waals surface area contributed by atoms with E-state index in [4.69, 9.17) is 0 Å². The van der Waals surface area contributed by atoms with E-state index >= 15 is 0 Å². The van der Waals surface area contributed by atoms with Gasteiger partial charge in [-0.25, -0.2) is 0 Å². The van der Waals surface area contributed by atoms with E-state index in [1.165, 1.54) is 13.8 Å². The Labute approximate surface area is 67.1 Å². The smallest absolute Gasteiger partial charge is 0.191 e. The second-order valence-corrected chi connectivity index (χ2v) is 2.24. The van der Waals surface area contributed by atoms with Crippen LogP contribution in [-0.4, -0.2) is 12.1 Å². The van der Waals surface area contributed by atoms with Crippen molar-refractivity contribution in [2.75, 3.05) is 0 Å². The highest BCUT2D eigenvalue weighted by atomic mass is 19.4. The van der Waals surface area contributed by atoms with Crippen LogP contribution in [0.1, 0.15) is 20.3 Å². The lowest BCUT2D eigenvalue weighted by Gasteiger charge is -2.21. The molecular formula is C7H9F5. The van der Waals surface area contributed by atoms with E-state index in [1.807, 2.05) is 0 Å². The largest absolute Gasteiger partial charge is 0.457 e. The molecule has 5 heteroatoms. The second-order valence-electron chi connectivity index (χ2n) is 2.24. The van der Waals surface area contributed by atoms with Crippen molar-refractivity contribution in [3.63, 3.8) is 0 Å². The third-order valence-electron chi connectivity index (χ3n) is 1.49. The fourth-order valence-electron chi connectivity index (χ4n) is 0.789. The average Bonchev–Trinajstić information content (AvgIpc) is 1.87. The summed E-state index contributed by atoms with van der Waals surface area (Å²) in [5, 5.41) is 0. The maximum atomic E-state index is 12.4. The number of halogens is 5. The minimum absolute atomic E-state index is 0.303. The first-order valence-corrected chi connectivity index (χ1v) is 3.37. The van der Waals surface area contributed by atoms with E-state index in [9.17, 15) is 22.0 Å². The van der Waals surface area contributed by atoms with Gasteiger partial charge in [0.05, 0.1) is 0 Å². The topological polar surface area (TPSA) is 0 Å². The van der Waals surface area contributed by atoms with Gasteiger partial charge in [0.25, 0.3) is 0 Å². The zero-order valence-electron chi connectivity index (χ0n) is 6.67. The average molecular weight is 188 g/mol. The van der Waals surface area contributed by atoms with Crippen LogP contribution in [-0.2, 0) is 0 Å². The molecule has 0 rings (SSSR count). The predicted molar refractivity (Wildman–Crippen MR) is 35.0 cm³/mol. The van der Waals surface area contributed by atoms with Gasteiger partial charge in [0.15, 0.2) is 0 Å². The van der Waals surface area contributed by atoms with Crippen LogP contribution in [0.4, 0.5) is 22.0 Å². The van der Waals surface area contributed by atoms with Crippen molar-refractivity contribution in [1.82, 2.24) is 0 Å². The molecule has 12 heavy (non-hydrogen) atoms. The highest BCUT2D eigenvalue weighted by Gasteiger charge is 2.58. The summed E-state index contributed by atoms with van der Waals surface area (Å²) in [7, 11) is 0. The Morgan fingerprint density at radius 3 is 1.67 bits per heavy atom. The van der Waals surface area contributed by atoms with Gasteiger partial charge in [0, 0.05) is 5.57 Å². The molecular weight excluding hydrogens is 179 g/mol. The van der Waals surface area contributed by atoms with Crippen molar-refractivity contribution in [3.8, 4) is 0 Å². The van der Waals surface area contributed by atoms with Gasteiger partial charge in [0.2, 0.25) is 0 Å². The van der Waals surface area contributed by atoms with Crippen molar-refractivity contribution in [2.24, 2.45) is 0 Å². The van der Waals surface area contributed by atoms with Crippen molar-refractivity contribution in [2.45, 2.75) is 32.4 Å². The van der Waals surface area contributed by atoms with Gasteiger partial charge in [-0.15, -0.1) is 0 Å². The zero-order valence-corrected chi connectivity index (χ0v) is 6.67. The molecule has 0 nitrogen and oxygen atoms in total. The molecule has 0 saturated heterocycles. The van der Waals surface area contributed by atoms with Crippen molar-refractivity contribution >= 4 is 0 Å². The maximum Gasteiger partial charge on any atom is 0.457 e. The molecule has 0 bridgehead atoms. The van der Waals surface area contributed by atoms with Crippen LogP contribution in [0.3, 0.4) is 0 Å². The molecule has 0 saturated carbocycles.